The highest BCUT2D eigenvalue weighted by Crippen LogP contribution is 2.08. The fourth-order valence-electron chi connectivity index (χ4n) is 0.529. The predicted octanol–water partition coefficient (Wildman–Crippen LogP) is 1.41. The number of hydrogen-bond donors (Lipinski definition) is 0. The first-order valence-electron chi connectivity index (χ1n) is 2.90. The molecule has 0 aliphatic rings. The number of nitrogens with zero attached hydrogens (tertiary/aromatic N) is 1. The zero-order valence-electron chi connectivity index (χ0n) is 5.80. The highest BCUT2D eigenvalue weighted by atomic mass is 127. The van der Waals surface area contributed by atoms with Gasteiger partial charge in [0.2, 0.25) is 5.88 Å². The van der Waals surface area contributed by atoms with E-state index in [4.69, 9.17) is 0 Å². The van der Waals surface area contributed by atoms with Crippen LogP contribution in [-0.4, -0.2) is 11.0 Å². The van der Waals surface area contributed by atoms with E-state index < -0.39 is 0 Å². The molecule has 1 radical (unpaired) electrons. The molecule has 0 saturated carbocycles. The zero-order valence-corrected chi connectivity index (χ0v) is 7.95. The average molecular weight is 262 g/mol. The van der Waals surface area contributed by atoms with E-state index in [9.17, 15) is 4.79 Å². The Balaban J connectivity index is 2.74. The lowest BCUT2D eigenvalue weighted by Crippen LogP contribution is -2.02. The molecule has 1 rings (SSSR count). The molecule has 0 bridgehead atoms. The molecule has 0 aromatic carbocycles. The number of esters is 1. The fourth-order valence-corrected chi connectivity index (χ4v) is 0.824. The fraction of sp³-hybridized carbons (Fsp3) is 0.143. The number of carbonyl (C=O) groups is 1. The lowest BCUT2D eigenvalue weighted by atomic mass is 10.5. The summed E-state index contributed by atoms with van der Waals surface area (Å²) in [5.74, 6) is -0.0787. The second-order valence-electron chi connectivity index (χ2n) is 1.83. The molecule has 0 saturated heterocycles. The smallest absolute Gasteiger partial charge is 0.309 e. The first-order valence-corrected chi connectivity index (χ1v) is 3.98. The molecule has 4 heteroatoms. The van der Waals surface area contributed by atoms with Gasteiger partial charge >= 0.3 is 5.97 Å². The number of carbonyl (C=O) groups excluding carboxylic acids is 1. The van der Waals surface area contributed by atoms with Crippen molar-refractivity contribution in [3.8, 4) is 5.88 Å². The van der Waals surface area contributed by atoms with Crippen LogP contribution >= 0.6 is 22.6 Å². The molecule has 0 aliphatic heterocycles. The molecule has 57 valence electrons. The maximum absolute atomic E-state index is 10.4. The SMILES string of the molecule is CC(=O)Oc1c[c]c(I)cn1. The van der Waals surface area contributed by atoms with Gasteiger partial charge in [-0.05, 0) is 22.6 Å². The number of rotatable bonds is 1. The Bertz CT molecular complexity index is 258. The van der Waals surface area contributed by atoms with E-state index in [1.54, 1.807) is 6.20 Å². The van der Waals surface area contributed by atoms with E-state index in [-0.39, 0.29) is 11.8 Å². The Morgan fingerprint density at radius 2 is 2.55 bits per heavy atom. The van der Waals surface area contributed by atoms with Gasteiger partial charge < -0.3 is 4.74 Å². The third kappa shape index (κ3) is 2.83. The second kappa shape index (κ2) is 3.66. The van der Waals surface area contributed by atoms with Gasteiger partial charge in [0, 0.05) is 28.8 Å². The van der Waals surface area contributed by atoms with Crippen molar-refractivity contribution in [2.45, 2.75) is 6.92 Å². The van der Waals surface area contributed by atoms with Gasteiger partial charge in [-0.25, -0.2) is 4.98 Å². The molecule has 0 fully saturated rings. The Hall–Kier alpha value is -0.650. The lowest BCUT2D eigenvalue weighted by Gasteiger charge is -1.97. The maximum Gasteiger partial charge on any atom is 0.309 e. The van der Waals surface area contributed by atoms with Crippen LogP contribution in [0.1, 0.15) is 6.92 Å². The van der Waals surface area contributed by atoms with Crippen molar-refractivity contribution in [3.63, 3.8) is 0 Å². The minimum Gasteiger partial charge on any atom is -0.408 e. The van der Waals surface area contributed by atoms with Crippen molar-refractivity contribution >= 4 is 28.6 Å². The van der Waals surface area contributed by atoms with E-state index in [1.807, 2.05) is 0 Å². The van der Waals surface area contributed by atoms with Crippen molar-refractivity contribution in [2.24, 2.45) is 0 Å². The summed E-state index contributed by atoms with van der Waals surface area (Å²) < 4.78 is 5.57. The maximum atomic E-state index is 10.4. The largest absolute Gasteiger partial charge is 0.408 e. The Kier molecular flexibility index (Phi) is 2.81. The first-order chi connectivity index (χ1) is 5.18. The van der Waals surface area contributed by atoms with Crippen LogP contribution in [0.25, 0.3) is 0 Å². The first kappa shape index (κ1) is 8.45. The summed E-state index contributed by atoms with van der Waals surface area (Å²) in [6.07, 6.45) is 1.58. The van der Waals surface area contributed by atoms with E-state index in [0.717, 1.165) is 3.57 Å². The van der Waals surface area contributed by atoms with Crippen molar-refractivity contribution in [1.29, 1.82) is 0 Å². The summed E-state index contributed by atoms with van der Waals surface area (Å²) in [5, 5.41) is 0. The van der Waals surface area contributed by atoms with Crippen LogP contribution < -0.4 is 4.74 Å². The molecule has 0 N–H and O–H groups in total. The van der Waals surface area contributed by atoms with Crippen LogP contribution in [0.15, 0.2) is 12.3 Å². The van der Waals surface area contributed by atoms with Crippen molar-refractivity contribution in [2.75, 3.05) is 0 Å². The van der Waals surface area contributed by atoms with E-state index >= 15 is 0 Å². The van der Waals surface area contributed by atoms with Gasteiger partial charge in [0.25, 0.3) is 0 Å². The summed E-state index contributed by atoms with van der Waals surface area (Å²) in [4.78, 5) is 14.3. The van der Waals surface area contributed by atoms with Gasteiger partial charge in [0.1, 0.15) is 0 Å². The highest BCUT2D eigenvalue weighted by molar-refractivity contribution is 14.1. The highest BCUT2D eigenvalue weighted by Gasteiger charge is 1.97. The number of ether oxygens (including phenoxy) is 1. The Labute approximate surface area is 77.9 Å². The van der Waals surface area contributed by atoms with E-state index in [1.165, 1.54) is 13.0 Å². The van der Waals surface area contributed by atoms with Gasteiger partial charge in [0.05, 0.1) is 0 Å². The van der Waals surface area contributed by atoms with Crippen LogP contribution in [0.5, 0.6) is 5.88 Å². The van der Waals surface area contributed by atoms with Crippen LogP contribution in [0.2, 0.25) is 0 Å². The topological polar surface area (TPSA) is 39.2 Å². The summed E-state index contributed by atoms with van der Waals surface area (Å²) in [5.41, 5.74) is 0. The standard InChI is InChI=1S/C7H5INO2/c1-5(10)11-7-3-2-6(8)4-9-7/h3-4H,1H3. The minimum atomic E-state index is -0.368. The number of hydrogen-bond acceptors (Lipinski definition) is 3. The lowest BCUT2D eigenvalue weighted by molar-refractivity contribution is -0.132. The van der Waals surface area contributed by atoms with Gasteiger partial charge in [0.15, 0.2) is 0 Å². The molecule has 0 aliphatic carbocycles. The molecular weight excluding hydrogens is 257 g/mol. The third-order valence-electron chi connectivity index (χ3n) is 0.887. The molecule has 3 nitrogen and oxygen atoms in total. The average Bonchev–Trinajstić information content (AvgIpc) is 1.93. The minimum absolute atomic E-state index is 0.290. The van der Waals surface area contributed by atoms with Crippen LogP contribution in [-0.2, 0) is 4.79 Å². The molecule has 0 spiro atoms. The van der Waals surface area contributed by atoms with Gasteiger partial charge in [-0.15, -0.1) is 0 Å². The van der Waals surface area contributed by atoms with Gasteiger partial charge in [-0.3, -0.25) is 4.79 Å². The molecule has 11 heavy (non-hydrogen) atoms. The molecular formula is C7H5INO2. The number of aromatic nitrogens is 1. The van der Waals surface area contributed by atoms with Gasteiger partial charge in [-0.1, -0.05) is 0 Å². The van der Waals surface area contributed by atoms with Gasteiger partial charge in [-0.2, -0.15) is 0 Å². The number of halogens is 1. The quantitative estimate of drug-likeness (QED) is 0.567. The van der Waals surface area contributed by atoms with Crippen LogP contribution in [0.4, 0.5) is 0 Å². The van der Waals surface area contributed by atoms with Crippen molar-refractivity contribution in [3.05, 3.63) is 21.9 Å². The van der Waals surface area contributed by atoms with Crippen molar-refractivity contribution < 1.29 is 9.53 Å². The third-order valence-corrected chi connectivity index (χ3v) is 1.48. The van der Waals surface area contributed by atoms with Crippen LogP contribution in [0.3, 0.4) is 0 Å². The summed E-state index contributed by atoms with van der Waals surface area (Å²) in [6, 6.07) is 4.38. The molecule has 0 atom stereocenters. The second-order valence-corrected chi connectivity index (χ2v) is 2.99. The normalized spacial score (nSPS) is 9.27. The summed E-state index contributed by atoms with van der Waals surface area (Å²) in [7, 11) is 0. The number of pyridine rings is 1. The Morgan fingerprint density at radius 1 is 1.82 bits per heavy atom. The molecule has 1 aromatic rings. The molecule has 0 unspecified atom stereocenters. The van der Waals surface area contributed by atoms with Crippen molar-refractivity contribution in [1.82, 2.24) is 4.98 Å². The Morgan fingerprint density at radius 3 is 3.00 bits per heavy atom. The summed E-state index contributed by atoms with van der Waals surface area (Å²) >= 11 is 2.07. The van der Waals surface area contributed by atoms with E-state index in [2.05, 4.69) is 38.4 Å². The molecule has 1 heterocycles. The van der Waals surface area contributed by atoms with E-state index in [0.29, 0.717) is 0 Å². The molecule has 0 amide bonds. The zero-order chi connectivity index (χ0) is 8.27. The predicted molar refractivity (Wildman–Crippen MR) is 47.1 cm³/mol. The monoisotopic (exact) mass is 262 g/mol. The summed E-state index contributed by atoms with van der Waals surface area (Å²) in [6.45, 7) is 1.33. The van der Waals surface area contributed by atoms with Crippen LogP contribution in [0, 0.1) is 9.64 Å². The molecule has 1 aromatic heterocycles.